The van der Waals surface area contributed by atoms with Crippen molar-refractivity contribution in [1.82, 2.24) is 14.7 Å². The second-order valence-corrected chi connectivity index (χ2v) is 6.02. The first-order valence-corrected chi connectivity index (χ1v) is 7.57. The maximum absolute atomic E-state index is 13.0. The fourth-order valence-corrected chi connectivity index (χ4v) is 2.99. The van der Waals surface area contributed by atoms with E-state index >= 15 is 0 Å². The third kappa shape index (κ3) is 3.09. The number of nitrogens with zero attached hydrogens (tertiary/aromatic N) is 3. The van der Waals surface area contributed by atoms with Crippen molar-refractivity contribution in [1.29, 1.82) is 0 Å². The van der Waals surface area contributed by atoms with Crippen LogP contribution in [-0.2, 0) is 20.0 Å². The molecule has 0 saturated heterocycles. The minimum absolute atomic E-state index is 0.0628. The van der Waals surface area contributed by atoms with Gasteiger partial charge in [0.25, 0.3) is 5.56 Å². The van der Waals surface area contributed by atoms with E-state index in [1.807, 2.05) is 12.1 Å². The summed E-state index contributed by atoms with van der Waals surface area (Å²) in [5, 5.41) is 4.33. The lowest BCUT2D eigenvalue weighted by Crippen LogP contribution is -2.36. The summed E-state index contributed by atoms with van der Waals surface area (Å²) in [6.45, 7) is 4.72. The summed E-state index contributed by atoms with van der Waals surface area (Å²) in [7, 11) is 1.69. The average molecular weight is 301 g/mol. The van der Waals surface area contributed by atoms with Gasteiger partial charge in [-0.25, -0.2) is 9.07 Å². The summed E-state index contributed by atoms with van der Waals surface area (Å²) >= 11 is 0. The minimum atomic E-state index is -0.204. The molecule has 0 N–H and O–H groups in total. The van der Waals surface area contributed by atoms with Crippen molar-refractivity contribution in [2.45, 2.75) is 25.8 Å². The summed E-state index contributed by atoms with van der Waals surface area (Å²) in [5.74, 6) is 0.117. The fraction of sp³-hybridized carbons (Fsp3) is 0.412. The van der Waals surface area contributed by atoms with Crippen LogP contribution in [0.3, 0.4) is 0 Å². The number of hydrogen-bond donors (Lipinski definition) is 0. The zero-order valence-electron chi connectivity index (χ0n) is 12.9. The Morgan fingerprint density at radius 1 is 1.32 bits per heavy atom. The Kier molecular flexibility index (Phi) is 4.07. The number of benzene rings is 1. The van der Waals surface area contributed by atoms with Gasteiger partial charge in [0, 0.05) is 39.2 Å². The molecule has 0 radical (unpaired) electrons. The van der Waals surface area contributed by atoms with Crippen molar-refractivity contribution in [2.24, 2.45) is 7.05 Å². The molecule has 1 aliphatic rings. The van der Waals surface area contributed by atoms with Gasteiger partial charge in [0.1, 0.15) is 5.82 Å². The van der Waals surface area contributed by atoms with Gasteiger partial charge >= 0.3 is 0 Å². The van der Waals surface area contributed by atoms with Gasteiger partial charge in [-0.2, -0.15) is 5.10 Å². The molecule has 1 atom stereocenters. The topological polar surface area (TPSA) is 38.1 Å². The summed E-state index contributed by atoms with van der Waals surface area (Å²) in [4.78, 5) is 14.1. The molecule has 116 valence electrons. The van der Waals surface area contributed by atoms with Crippen molar-refractivity contribution >= 4 is 0 Å². The van der Waals surface area contributed by atoms with Crippen molar-refractivity contribution in [3.63, 3.8) is 0 Å². The van der Waals surface area contributed by atoms with Crippen LogP contribution in [0.15, 0.2) is 35.1 Å². The highest BCUT2D eigenvalue weighted by Gasteiger charge is 2.20. The molecule has 0 spiro atoms. The summed E-state index contributed by atoms with van der Waals surface area (Å²) in [5.41, 5.74) is 3.12. The van der Waals surface area contributed by atoms with Gasteiger partial charge in [-0.1, -0.05) is 19.1 Å². The first-order valence-electron chi connectivity index (χ1n) is 7.57. The summed E-state index contributed by atoms with van der Waals surface area (Å²) in [6, 6.07) is 8.39. The van der Waals surface area contributed by atoms with E-state index in [-0.39, 0.29) is 11.4 Å². The molecule has 0 fully saturated rings. The molecule has 0 amide bonds. The highest BCUT2D eigenvalue weighted by Crippen LogP contribution is 2.21. The van der Waals surface area contributed by atoms with Gasteiger partial charge in [0.2, 0.25) is 0 Å². The standard InChI is InChI=1S/C17H20FN3O/c1-12(13-3-5-15(18)6-4-13)10-21-8-7-16-14(11-21)9-17(22)20(2)19-16/h3-6,9,12H,7-8,10-11H2,1-2H3/t12-/m1/s1. The van der Waals surface area contributed by atoms with Crippen LogP contribution in [0.2, 0.25) is 0 Å². The van der Waals surface area contributed by atoms with Crippen LogP contribution in [-0.4, -0.2) is 27.8 Å². The van der Waals surface area contributed by atoms with E-state index in [0.717, 1.165) is 42.9 Å². The lowest BCUT2D eigenvalue weighted by molar-refractivity contribution is 0.238. The molecule has 0 bridgehead atoms. The zero-order valence-corrected chi connectivity index (χ0v) is 12.9. The van der Waals surface area contributed by atoms with Gasteiger partial charge in [-0.3, -0.25) is 9.69 Å². The van der Waals surface area contributed by atoms with Crippen LogP contribution in [0.25, 0.3) is 0 Å². The Labute approximate surface area is 129 Å². The van der Waals surface area contributed by atoms with E-state index in [4.69, 9.17) is 0 Å². The molecule has 1 aliphatic heterocycles. The van der Waals surface area contributed by atoms with Crippen LogP contribution < -0.4 is 5.56 Å². The number of hydrogen-bond acceptors (Lipinski definition) is 3. The van der Waals surface area contributed by atoms with E-state index in [0.29, 0.717) is 5.92 Å². The smallest absolute Gasteiger partial charge is 0.266 e. The Morgan fingerprint density at radius 3 is 2.77 bits per heavy atom. The first kappa shape index (κ1) is 14.9. The lowest BCUT2D eigenvalue weighted by Gasteiger charge is -2.30. The normalized spacial score (nSPS) is 16.3. The molecule has 2 aromatic rings. The van der Waals surface area contributed by atoms with Crippen molar-refractivity contribution in [3.8, 4) is 0 Å². The van der Waals surface area contributed by atoms with Crippen LogP contribution in [0, 0.1) is 5.82 Å². The molecule has 22 heavy (non-hydrogen) atoms. The van der Waals surface area contributed by atoms with Gasteiger partial charge in [-0.05, 0) is 29.2 Å². The monoisotopic (exact) mass is 301 g/mol. The predicted octanol–water partition coefficient (Wildman–Crippen LogP) is 2.08. The molecule has 1 aromatic heterocycles. The van der Waals surface area contributed by atoms with E-state index in [1.54, 1.807) is 13.1 Å². The maximum Gasteiger partial charge on any atom is 0.266 e. The molecule has 0 unspecified atom stereocenters. The van der Waals surface area contributed by atoms with E-state index in [2.05, 4.69) is 16.9 Å². The summed E-state index contributed by atoms with van der Waals surface area (Å²) in [6.07, 6.45) is 0.861. The quantitative estimate of drug-likeness (QED) is 0.871. The van der Waals surface area contributed by atoms with Gasteiger partial charge in [-0.15, -0.1) is 0 Å². The highest BCUT2D eigenvalue weighted by molar-refractivity contribution is 5.22. The Hall–Kier alpha value is -2.01. The highest BCUT2D eigenvalue weighted by atomic mass is 19.1. The molecule has 0 aliphatic carbocycles. The summed E-state index contributed by atoms with van der Waals surface area (Å²) < 4.78 is 14.4. The van der Waals surface area contributed by atoms with Crippen LogP contribution >= 0.6 is 0 Å². The fourth-order valence-electron chi connectivity index (χ4n) is 2.99. The molecule has 1 aromatic carbocycles. The third-order valence-corrected chi connectivity index (χ3v) is 4.29. The van der Waals surface area contributed by atoms with Gasteiger partial charge in [0.05, 0.1) is 5.69 Å². The van der Waals surface area contributed by atoms with Gasteiger partial charge in [0.15, 0.2) is 0 Å². The van der Waals surface area contributed by atoms with Crippen molar-refractivity contribution < 1.29 is 4.39 Å². The minimum Gasteiger partial charge on any atom is -0.298 e. The Bertz CT molecular complexity index is 724. The zero-order chi connectivity index (χ0) is 15.7. The van der Waals surface area contributed by atoms with E-state index in [9.17, 15) is 9.18 Å². The number of fused-ring (bicyclic) bond motifs is 1. The molecular weight excluding hydrogens is 281 g/mol. The Balaban J connectivity index is 1.71. The SMILES string of the molecule is C[C@H](CN1CCc2nn(C)c(=O)cc2C1)c1ccc(F)cc1. The molecule has 2 heterocycles. The van der Waals surface area contributed by atoms with Gasteiger partial charge < -0.3 is 0 Å². The molecule has 0 saturated carbocycles. The van der Waals surface area contributed by atoms with Crippen LogP contribution in [0.1, 0.15) is 29.7 Å². The average Bonchev–Trinajstić information content (AvgIpc) is 2.49. The van der Waals surface area contributed by atoms with Crippen molar-refractivity contribution in [3.05, 3.63) is 63.3 Å². The van der Waals surface area contributed by atoms with E-state index in [1.165, 1.54) is 16.8 Å². The number of aromatic nitrogens is 2. The number of rotatable bonds is 3. The molecule has 5 heteroatoms. The molecule has 3 rings (SSSR count). The van der Waals surface area contributed by atoms with Crippen molar-refractivity contribution in [2.75, 3.05) is 13.1 Å². The predicted molar refractivity (Wildman–Crippen MR) is 83.3 cm³/mol. The third-order valence-electron chi connectivity index (χ3n) is 4.29. The van der Waals surface area contributed by atoms with E-state index < -0.39 is 0 Å². The Morgan fingerprint density at radius 2 is 2.05 bits per heavy atom. The first-order chi connectivity index (χ1) is 10.5. The van der Waals surface area contributed by atoms with Crippen LogP contribution in [0.5, 0.6) is 0 Å². The second kappa shape index (κ2) is 6.01. The lowest BCUT2D eigenvalue weighted by atomic mass is 9.98. The second-order valence-electron chi connectivity index (χ2n) is 6.02. The maximum atomic E-state index is 13.0. The molecular formula is C17H20FN3O. The number of halogens is 1. The van der Waals surface area contributed by atoms with Crippen LogP contribution in [0.4, 0.5) is 4.39 Å². The molecule has 4 nitrogen and oxygen atoms in total. The number of aryl methyl sites for hydroxylation is 1. The largest absolute Gasteiger partial charge is 0.298 e.